The van der Waals surface area contributed by atoms with Crippen LogP contribution in [0.25, 0.3) is 0 Å². The summed E-state index contributed by atoms with van der Waals surface area (Å²) in [5.41, 5.74) is 6.38. The van der Waals surface area contributed by atoms with Gasteiger partial charge in [0.2, 0.25) is 5.91 Å². The SMILES string of the molecule is CN(C)c1ccncc1NC(=O)C(C)(C)C(C)(C)N. The molecule has 0 aliphatic heterocycles. The van der Waals surface area contributed by atoms with Crippen LogP contribution in [-0.4, -0.2) is 30.5 Å². The predicted molar refractivity (Wildman–Crippen MR) is 79.2 cm³/mol. The van der Waals surface area contributed by atoms with E-state index in [9.17, 15) is 4.79 Å². The molecule has 0 unspecified atom stereocenters. The maximum absolute atomic E-state index is 12.4. The number of anilines is 2. The van der Waals surface area contributed by atoms with E-state index < -0.39 is 11.0 Å². The minimum absolute atomic E-state index is 0.115. The number of pyridine rings is 1. The van der Waals surface area contributed by atoms with Gasteiger partial charge in [0.05, 0.1) is 23.0 Å². The molecular weight excluding hydrogens is 240 g/mol. The van der Waals surface area contributed by atoms with Crippen LogP contribution in [0.1, 0.15) is 27.7 Å². The standard InChI is InChI=1S/C14H24N4O/c1-13(2,14(3,4)15)12(19)17-10-9-16-8-7-11(10)18(5)6/h7-9H,15H2,1-6H3,(H,17,19). The summed E-state index contributed by atoms with van der Waals surface area (Å²) in [4.78, 5) is 18.4. The lowest BCUT2D eigenvalue weighted by atomic mass is 9.74. The lowest BCUT2D eigenvalue weighted by molar-refractivity contribution is -0.126. The van der Waals surface area contributed by atoms with E-state index in [2.05, 4.69) is 10.3 Å². The van der Waals surface area contributed by atoms with Gasteiger partial charge in [-0.05, 0) is 33.8 Å². The lowest BCUT2D eigenvalue weighted by Crippen LogP contribution is -2.53. The third-order valence-electron chi connectivity index (χ3n) is 3.71. The molecule has 5 nitrogen and oxygen atoms in total. The van der Waals surface area contributed by atoms with Gasteiger partial charge in [-0.3, -0.25) is 9.78 Å². The van der Waals surface area contributed by atoms with Gasteiger partial charge in [-0.1, -0.05) is 0 Å². The molecule has 1 heterocycles. The number of carbonyl (C=O) groups is 1. The number of nitrogens with zero attached hydrogens (tertiary/aromatic N) is 2. The summed E-state index contributed by atoms with van der Waals surface area (Å²) in [6.07, 6.45) is 3.34. The fourth-order valence-corrected chi connectivity index (χ4v) is 1.44. The highest BCUT2D eigenvalue weighted by molar-refractivity contribution is 5.98. The Morgan fingerprint density at radius 1 is 1.32 bits per heavy atom. The number of amides is 1. The molecule has 0 aliphatic carbocycles. The monoisotopic (exact) mass is 264 g/mol. The summed E-state index contributed by atoms with van der Waals surface area (Å²) in [6.45, 7) is 7.38. The molecule has 0 aliphatic rings. The smallest absolute Gasteiger partial charge is 0.231 e. The highest BCUT2D eigenvalue weighted by Crippen LogP contribution is 2.31. The number of nitrogens with one attached hydrogen (secondary N) is 1. The van der Waals surface area contributed by atoms with E-state index in [4.69, 9.17) is 5.73 Å². The second-order valence-corrected chi connectivity index (χ2v) is 6.09. The average Bonchev–Trinajstić information content (AvgIpc) is 2.27. The van der Waals surface area contributed by atoms with E-state index >= 15 is 0 Å². The first-order valence-electron chi connectivity index (χ1n) is 6.29. The average molecular weight is 264 g/mol. The van der Waals surface area contributed by atoms with Crippen LogP contribution < -0.4 is 16.0 Å². The van der Waals surface area contributed by atoms with Crippen molar-refractivity contribution < 1.29 is 4.79 Å². The van der Waals surface area contributed by atoms with Crippen molar-refractivity contribution in [2.45, 2.75) is 33.2 Å². The number of hydrogen-bond donors (Lipinski definition) is 2. The summed E-state index contributed by atoms with van der Waals surface area (Å²) in [6, 6.07) is 1.86. The molecule has 0 aromatic carbocycles. The van der Waals surface area contributed by atoms with Gasteiger partial charge in [0.1, 0.15) is 0 Å². The first kappa shape index (κ1) is 15.4. The maximum Gasteiger partial charge on any atom is 0.231 e. The minimum atomic E-state index is -0.688. The van der Waals surface area contributed by atoms with Gasteiger partial charge in [0.15, 0.2) is 0 Å². The van der Waals surface area contributed by atoms with Gasteiger partial charge in [-0.2, -0.15) is 0 Å². The number of carbonyl (C=O) groups excluding carboxylic acids is 1. The third-order valence-corrected chi connectivity index (χ3v) is 3.71. The molecule has 0 atom stereocenters. The fraction of sp³-hybridized carbons (Fsp3) is 0.571. The van der Waals surface area contributed by atoms with Crippen molar-refractivity contribution in [1.29, 1.82) is 0 Å². The Hall–Kier alpha value is -1.62. The number of rotatable bonds is 4. The van der Waals surface area contributed by atoms with Gasteiger partial charge in [0.25, 0.3) is 0 Å². The first-order valence-corrected chi connectivity index (χ1v) is 6.29. The van der Waals surface area contributed by atoms with E-state index in [1.807, 2.05) is 52.8 Å². The summed E-state index contributed by atoms with van der Waals surface area (Å²) in [7, 11) is 3.84. The topological polar surface area (TPSA) is 71.2 Å². The third kappa shape index (κ3) is 3.23. The van der Waals surface area contributed by atoms with Crippen LogP contribution >= 0.6 is 0 Å². The van der Waals surface area contributed by atoms with Crippen LogP contribution in [0.3, 0.4) is 0 Å². The van der Waals surface area contributed by atoms with Crippen molar-refractivity contribution in [3.8, 4) is 0 Å². The van der Waals surface area contributed by atoms with Gasteiger partial charge >= 0.3 is 0 Å². The lowest BCUT2D eigenvalue weighted by Gasteiger charge is -2.37. The molecule has 0 fully saturated rings. The van der Waals surface area contributed by atoms with Crippen molar-refractivity contribution in [2.24, 2.45) is 11.1 Å². The van der Waals surface area contributed by atoms with Crippen LogP contribution in [-0.2, 0) is 4.79 Å². The predicted octanol–water partition coefficient (Wildman–Crippen LogP) is 1.85. The molecule has 3 N–H and O–H groups in total. The summed E-state index contributed by atoms with van der Waals surface area (Å²) < 4.78 is 0. The Kier molecular flexibility index (Phi) is 4.20. The zero-order valence-electron chi connectivity index (χ0n) is 12.6. The van der Waals surface area contributed by atoms with Crippen LogP contribution in [0, 0.1) is 5.41 Å². The highest BCUT2D eigenvalue weighted by atomic mass is 16.2. The number of aromatic nitrogens is 1. The van der Waals surface area contributed by atoms with Gasteiger partial charge in [0, 0.05) is 25.8 Å². The molecule has 0 saturated heterocycles. The van der Waals surface area contributed by atoms with E-state index in [1.165, 1.54) is 0 Å². The highest BCUT2D eigenvalue weighted by Gasteiger charge is 2.40. The molecule has 0 spiro atoms. The Labute approximate surface area is 115 Å². The molecular formula is C14H24N4O. The quantitative estimate of drug-likeness (QED) is 0.870. The van der Waals surface area contributed by atoms with E-state index in [1.54, 1.807) is 12.4 Å². The Balaban J connectivity index is 3.01. The van der Waals surface area contributed by atoms with Crippen molar-refractivity contribution in [1.82, 2.24) is 4.98 Å². The molecule has 106 valence electrons. The molecule has 0 saturated carbocycles. The Morgan fingerprint density at radius 3 is 2.37 bits per heavy atom. The van der Waals surface area contributed by atoms with E-state index in [0.29, 0.717) is 5.69 Å². The van der Waals surface area contributed by atoms with Crippen molar-refractivity contribution >= 4 is 17.3 Å². The second-order valence-electron chi connectivity index (χ2n) is 6.09. The van der Waals surface area contributed by atoms with Crippen molar-refractivity contribution in [2.75, 3.05) is 24.3 Å². The van der Waals surface area contributed by atoms with E-state index in [0.717, 1.165) is 5.69 Å². The van der Waals surface area contributed by atoms with Crippen molar-refractivity contribution in [3.05, 3.63) is 18.5 Å². The molecule has 0 bridgehead atoms. The fourth-order valence-electron chi connectivity index (χ4n) is 1.44. The normalized spacial score (nSPS) is 12.2. The van der Waals surface area contributed by atoms with Crippen LogP contribution in [0.4, 0.5) is 11.4 Å². The van der Waals surface area contributed by atoms with Gasteiger partial charge < -0.3 is 16.0 Å². The van der Waals surface area contributed by atoms with Crippen LogP contribution in [0.5, 0.6) is 0 Å². The van der Waals surface area contributed by atoms with Crippen LogP contribution in [0.15, 0.2) is 18.5 Å². The molecule has 1 aromatic heterocycles. The minimum Gasteiger partial charge on any atom is -0.376 e. The molecule has 1 rings (SSSR count). The summed E-state index contributed by atoms with van der Waals surface area (Å²) >= 11 is 0. The molecule has 1 amide bonds. The van der Waals surface area contributed by atoms with Crippen molar-refractivity contribution in [3.63, 3.8) is 0 Å². The number of hydrogen-bond acceptors (Lipinski definition) is 4. The summed E-state index contributed by atoms with van der Waals surface area (Å²) in [5, 5.41) is 2.92. The molecule has 0 radical (unpaired) electrons. The number of nitrogens with two attached hydrogens (primary N) is 1. The first-order chi connectivity index (χ1) is 8.57. The second kappa shape index (κ2) is 5.17. The largest absolute Gasteiger partial charge is 0.376 e. The summed E-state index contributed by atoms with van der Waals surface area (Å²) in [5.74, 6) is -0.115. The maximum atomic E-state index is 12.4. The molecule has 19 heavy (non-hydrogen) atoms. The van der Waals surface area contributed by atoms with Gasteiger partial charge in [-0.15, -0.1) is 0 Å². The molecule has 5 heteroatoms. The van der Waals surface area contributed by atoms with Gasteiger partial charge in [-0.25, -0.2) is 0 Å². The van der Waals surface area contributed by atoms with Crippen LogP contribution in [0.2, 0.25) is 0 Å². The zero-order chi connectivity index (χ0) is 14.8. The Bertz CT molecular complexity index is 461. The Morgan fingerprint density at radius 2 is 1.89 bits per heavy atom. The zero-order valence-corrected chi connectivity index (χ0v) is 12.6. The molecule has 1 aromatic rings. The van der Waals surface area contributed by atoms with E-state index in [-0.39, 0.29) is 5.91 Å².